The summed E-state index contributed by atoms with van der Waals surface area (Å²) in [6.45, 7) is 3.23. The molecule has 0 spiro atoms. The molecule has 5 nitrogen and oxygen atoms in total. The number of aliphatic hydroxyl groups excluding tert-OH is 1. The molecule has 1 aromatic rings. The molecule has 0 amide bonds. The van der Waals surface area contributed by atoms with Crippen molar-refractivity contribution < 1.29 is 17.9 Å². The summed E-state index contributed by atoms with van der Waals surface area (Å²) in [4.78, 5) is 0.129. The van der Waals surface area contributed by atoms with Gasteiger partial charge >= 0.3 is 0 Å². The first-order valence-corrected chi connectivity index (χ1v) is 8.65. The monoisotopic (exact) mass is 301 g/mol. The molecule has 1 atom stereocenters. The summed E-state index contributed by atoms with van der Waals surface area (Å²) in [5, 5.41) is 9.02. The van der Waals surface area contributed by atoms with Gasteiger partial charge in [-0.05, 0) is 32.6 Å². The maximum Gasteiger partial charge on any atom is 0.244 e. The fraction of sp³-hybridized carbons (Fsp3) is 0.714. The molecule has 1 saturated carbocycles. The molecule has 0 aliphatic heterocycles. The maximum atomic E-state index is 12.4. The van der Waals surface area contributed by atoms with Gasteiger partial charge in [0, 0.05) is 12.1 Å². The molecule has 1 aromatic heterocycles. The number of aliphatic hydroxyl groups is 1. The second-order valence-electron chi connectivity index (χ2n) is 5.60. The highest BCUT2D eigenvalue weighted by Gasteiger charge is 2.27. The SMILES string of the molecule is Cc1oc(CO)cc1S(=O)(=O)NC(C)C1CCCCC1. The van der Waals surface area contributed by atoms with Crippen LogP contribution in [0.2, 0.25) is 0 Å². The van der Waals surface area contributed by atoms with Gasteiger partial charge < -0.3 is 9.52 Å². The smallest absolute Gasteiger partial charge is 0.244 e. The normalized spacial score (nSPS) is 19.1. The molecule has 0 saturated heterocycles. The first-order valence-electron chi connectivity index (χ1n) is 7.16. The summed E-state index contributed by atoms with van der Waals surface area (Å²) >= 11 is 0. The highest BCUT2D eigenvalue weighted by Crippen LogP contribution is 2.28. The molecule has 2 N–H and O–H groups in total. The van der Waals surface area contributed by atoms with Crippen LogP contribution in [-0.2, 0) is 16.6 Å². The molecule has 1 unspecified atom stereocenters. The minimum absolute atomic E-state index is 0.0767. The van der Waals surface area contributed by atoms with Gasteiger partial charge in [-0.15, -0.1) is 0 Å². The fourth-order valence-corrected chi connectivity index (χ4v) is 4.42. The second kappa shape index (κ2) is 6.28. The van der Waals surface area contributed by atoms with Crippen LogP contribution in [0.15, 0.2) is 15.4 Å². The Balaban J connectivity index is 2.11. The van der Waals surface area contributed by atoms with Gasteiger partial charge in [0.05, 0.1) is 0 Å². The third kappa shape index (κ3) is 3.42. The first kappa shape index (κ1) is 15.5. The zero-order chi connectivity index (χ0) is 14.8. The van der Waals surface area contributed by atoms with Crippen LogP contribution in [0.4, 0.5) is 0 Å². The number of nitrogens with one attached hydrogen (secondary N) is 1. The Morgan fingerprint density at radius 1 is 1.40 bits per heavy atom. The van der Waals surface area contributed by atoms with Crippen molar-refractivity contribution in [2.75, 3.05) is 0 Å². The minimum Gasteiger partial charge on any atom is -0.462 e. The lowest BCUT2D eigenvalue weighted by molar-refractivity contribution is 0.244. The van der Waals surface area contributed by atoms with E-state index in [1.54, 1.807) is 6.92 Å². The van der Waals surface area contributed by atoms with Gasteiger partial charge in [-0.1, -0.05) is 19.3 Å². The predicted octanol–water partition coefficient (Wildman–Crippen LogP) is 2.33. The van der Waals surface area contributed by atoms with E-state index >= 15 is 0 Å². The van der Waals surface area contributed by atoms with E-state index in [0.29, 0.717) is 11.7 Å². The summed E-state index contributed by atoms with van der Waals surface area (Å²) in [5.74, 6) is 0.994. The van der Waals surface area contributed by atoms with E-state index in [0.717, 1.165) is 12.8 Å². The number of aryl methyl sites for hydroxylation is 1. The fourth-order valence-electron chi connectivity index (χ4n) is 2.91. The predicted molar refractivity (Wildman–Crippen MR) is 75.7 cm³/mol. The van der Waals surface area contributed by atoms with E-state index in [9.17, 15) is 8.42 Å². The average molecular weight is 301 g/mol. The van der Waals surface area contributed by atoms with Crippen molar-refractivity contribution in [2.45, 2.75) is 63.5 Å². The third-order valence-electron chi connectivity index (χ3n) is 4.07. The van der Waals surface area contributed by atoms with E-state index in [1.165, 1.54) is 25.3 Å². The van der Waals surface area contributed by atoms with Crippen molar-refractivity contribution in [2.24, 2.45) is 5.92 Å². The van der Waals surface area contributed by atoms with E-state index in [1.807, 2.05) is 6.92 Å². The Bertz CT molecular complexity index is 544. The molecular formula is C14H23NO4S. The number of hydrogen-bond acceptors (Lipinski definition) is 4. The summed E-state index contributed by atoms with van der Waals surface area (Å²) in [6.07, 6.45) is 5.76. The molecule has 1 fully saturated rings. The molecule has 1 aliphatic rings. The van der Waals surface area contributed by atoms with Crippen LogP contribution >= 0.6 is 0 Å². The van der Waals surface area contributed by atoms with Gasteiger partial charge in [-0.25, -0.2) is 13.1 Å². The van der Waals surface area contributed by atoms with Crippen molar-refractivity contribution in [3.63, 3.8) is 0 Å². The van der Waals surface area contributed by atoms with Crippen LogP contribution in [0.5, 0.6) is 0 Å². The molecule has 20 heavy (non-hydrogen) atoms. The zero-order valence-electron chi connectivity index (χ0n) is 12.1. The molecule has 0 aromatic carbocycles. The number of furan rings is 1. The van der Waals surface area contributed by atoms with Gasteiger partial charge in [0.1, 0.15) is 23.0 Å². The van der Waals surface area contributed by atoms with E-state index in [2.05, 4.69) is 4.72 Å². The van der Waals surface area contributed by atoms with Crippen LogP contribution < -0.4 is 4.72 Å². The van der Waals surface area contributed by atoms with Gasteiger partial charge in [-0.2, -0.15) is 0 Å². The molecule has 1 heterocycles. The molecular weight excluding hydrogens is 278 g/mol. The minimum atomic E-state index is -3.58. The lowest BCUT2D eigenvalue weighted by Gasteiger charge is -2.27. The van der Waals surface area contributed by atoms with Crippen LogP contribution in [0, 0.1) is 12.8 Å². The molecule has 114 valence electrons. The summed E-state index contributed by atoms with van der Waals surface area (Å²) in [5.41, 5.74) is 0. The standard InChI is InChI=1S/C14H23NO4S/c1-10(12-6-4-3-5-7-12)15-20(17,18)14-8-13(9-16)19-11(14)2/h8,10,12,15-16H,3-7,9H2,1-2H3. The Kier molecular flexibility index (Phi) is 4.88. The largest absolute Gasteiger partial charge is 0.462 e. The van der Waals surface area contributed by atoms with Gasteiger partial charge in [0.15, 0.2) is 0 Å². The van der Waals surface area contributed by atoms with E-state index < -0.39 is 10.0 Å². The van der Waals surface area contributed by atoms with Crippen LogP contribution in [0.1, 0.15) is 50.5 Å². The van der Waals surface area contributed by atoms with Crippen molar-refractivity contribution >= 4 is 10.0 Å². The quantitative estimate of drug-likeness (QED) is 0.874. The molecule has 6 heteroatoms. The van der Waals surface area contributed by atoms with Crippen molar-refractivity contribution in [3.8, 4) is 0 Å². The molecule has 0 bridgehead atoms. The van der Waals surface area contributed by atoms with Crippen LogP contribution in [0.3, 0.4) is 0 Å². The van der Waals surface area contributed by atoms with Crippen molar-refractivity contribution in [1.29, 1.82) is 0 Å². The number of hydrogen-bond donors (Lipinski definition) is 2. The topological polar surface area (TPSA) is 79.5 Å². The highest BCUT2D eigenvalue weighted by atomic mass is 32.2. The highest BCUT2D eigenvalue weighted by molar-refractivity contribution is 7.89. The van der Waals surface area contributed by atoms with Crippen LogP contribution in [-0.4, -0.2) is 19.6 Å². The first-order chi connectivity index (χ1) is 9.44. The molecule has 2 rings (SSSR count). The summed E-state index contributed by atoms with van der Waals surface area (Å²) in [7, 11) is -3.58. The van der Waals surface area contributed by atoms with E-state index in [-0.39, 0.29) is 23.3 Å². The zero-order valence-corrected chi connectivity index (χ0v) is 12.9. The average Bonchev–Trinajstić information content (AvgIpc) is 2.81. The Morgan fingerprint density at radius 3 is 2.60 bits per heavy atom. The molecule has 1 aliphatic carbocycles. The van der Waals surface area contributed by atoms with E-state index in [4.69, 9.17) is 9.52 Å². The Morgan fingerprint density at radius 2 is 2.05 bits per heavy atom. The number of sulfonamides is 1. The van der Waals surface area contributed by atoms with Gasteiger partial charge in [0.25, 0.3) is 0 Å². The van der Waals surface area contributed by atoms with Crippen molar-refractivity contribution in [3.05, 3.63) is 17.6 Å². The third-order valence-corrected chi connectivity index (χ3v) is 5.73. The summed E-state index contributed by atoms with van der Waals surface area (Å²) in [6, 6.07) is 1.32. The van der Waals surface area contributed by atoms with Gasteiger partial charge in [0.2, 0.25) is 10.0 Å². The second-order valence-corrected chi connectivity index (χ2v) is 7.28. The summed E-state index contributed by atoms with van der Waals surface area (Å²) < 4.78 is 32.7. The maximum absolute atomic E-state index is 12.4. The van der Waals surface area contributed by atoms with Gasteiger partial charge in [-0.3, -0.25) is 0 Å². The van der Waals surface area contributed by atoms with Crippen molar-refractivity contribution in [1.82, 2.24) is 4.72 Å². The number of rotatable bonds is 5. The lowest BCUT2D eigenvalue weighted by atomic mass is 9.85. The van der Waals surface area contributed by atoms with Crippen LogP contribution in [0.25, 0.3) is 0 Å². The Hall–Kier alpha value is -0.850. The Labute approximate surface area is 120 Å². The molecule has 0 radical (unpaired) electrons. The lowest BCUT2D eigenvalue weighted by Crippen LogP contribution is -2.38.